The molecule has 0 amide bonds. The summed E-state index contributed by atoms with van der Waals surface area (Å²) in [7, 11) is 0. The van der Waals surface area contributed by atoms with Crippen LogP contribution in [0.4, 0.5) is 0 Å². The number of hydrogen-bond donors (Lipinski definition) is 1. The number of halogens is 1. The molecular formula is C16H27ClN2S. The van der Waals surface area contributed by atoms with Crippen molar-refractivity contribution in [2.75, 3.05) is 6.54 Å². The molecule has 0 spiro atoms. The lowest BCUT2D eigenvalue weighted by molar-refractivity contribution is 0.0301. The molecule has 2 nitrogen and oxygen atoms in total. The van der Waals surface area contributed by atoms with Gasteiger partial charge in [0.25, 0.3) is 0 Å². The molecule has 1 aliphatic rings. The number of hydrogen-bond acceptors (Lipinski definition) is 3. The van der Waals surface area contributed by atoms with Gasteiger partial charge in [-0.2, -0.15) is 0 Å². The quantitative estimate of drug-likeness (QED) is 0.883. The van der Waals surface area contributed by atoms with Gasteiger partial charge >= 0.3 is 0 Å². The molecule has 5 atom stereocenters. The third-order valence-corrected chi connectivity index (χ3v) is 6.06. The average Bonchev–Trinajstić information content (AvgIpc) is 2.81. The lowest BCUT2D eigenvalue weighted by Crippen LogP contribution is -2.51. The van der Waals surface area contributed by atoms with Crippen molar-refractivity contribution in [1.29, 1.82) is 0 Å². The van der Waals surface area contributed by atoms with E-state index < -0.39 is 0 Å². The van der Waals surface area contributed by atoms with Crippen LogP contribution in [0.5, 0.6) is 0 Å². The van der Waals surface area contributed by atoms with Gasteiger partial charge in [0.2, 0.25) is 0 Å². The molecule has 1 saturated heterocycles. The van der Waals surface area contributed by atoms with Crippen molar-refractivity contribution in [2.45, 2.75) is 58.7 Å². The lowest BCUT2D eigenvalue weighted by atomic mass is 9.83. The predicted octanol–water partition coefficient (Wildman–Crippen LogP) is 4.55. The Labute approximate surface area is 132 Å². The molecule has 1 fully saturated rings. The predicted molar refractivity (Wildman–Crippen MR) is 89.4 cm³/mol. The minimum atomic E-state index is 0.171. The first-order valence-corrected chi connectivity index (χ1v) is 8.90. The maximum Gasteiger partial charge on any atom is 0.0931 e. The van der Waals surface area contributed by atoms with Crippen molar-refractivity contribution >= 4 is 22.9 Å². The molecule has 20 heavy (non-hydrogen) atoms. The van der Waals surface area contributed by atoms with Crippen LogP contribution in [0.15, 0.2) is 12.1 Å². The standard InChI is InChI=1S/C16H27ClN2S/c1-5-13(18)16(14-6-7-15(17)20-14)19-9-10(2)8-11(3)12(19)4/h6-7,10-13,16H,5,8-9,18H2,1-4H3. The van der Waals surface area contributed by atoms with Crippen LogP contribution in [-0.4, -0.2) is 23.5 Å². The summed E-state index contributed by atoms with van der Waals surface area (Å²) >= 11 is 7.83. The van der Waals surface area contributed by atoms with Crippen LogP contribution in [0.3, 0.4) is 0 Å². The second-order valence-corrected chi connectivity index (χ2v) is 8.16. The normalized spacial score (nSPS) is 31.2. The van der Waals surface area contributed by atoms with Crippen LogP contribution >= 0.6 is 22.9 Å². The SMILES string of the molecule is CCC(N)C(c1ccc(Cl)s1)N1CC(C)CC(C)C1C. The zero-order chi connectivity index (χ0) is 14.9. The van der Waals surface area contributed by atoms with E-state index in [0.717, 1.165) is 29.1 Å². The van der Waals surface area contributed by atoms with E-state index in [1.54, 1.807) is 11.3 Å². The van der Waals surface area contributed by atoms with Crippen molar-refractivity contribution in [3.8, 4) is 0 Å². The molecule has 0 radical (unpaired) electrons. The summed E-state index contributed by atoms with van der Waals surface area (Å²) in [5.74, 6) is 1.46. The summed E-state index contributed by atoms with van der Waals surface area (Å²) < 4.78 is 0.860. The molecule has 1 aromatic heterocycles. The molecule has 0 aliphatic carbocycles. The van der Waals surface area contributed by atoms with Crippen molar-refractivity contribution in [3.63, 3.8) is 0 Å². The lowest BCUT2D eigenvalue weighted by Gasteiger charge is -2.46. The number of thiophene rings is 1. The summed E-state index contributed by atoms with van der Waals surface area (Å²) in [6, 6.07) is 5.21. The molecule has 114 valence electrons. The molecule has 0 aromatic carbocycles. The molecule has 4 heteroatoms. The molecule has 2 N–H and O–H groups in total. The largest absolute Gasteiger partial charge is 0.326 e. The van der Waals surface area contributed by atoms with Gasteiger partial charge in [-0.15, -0.1) is 11.3 Å². The van der Waals surface area contributed by atoms with Crippen molar-refractivity contribution < 1.29 is 0 Å². The van der Waals surface area contributed by atoms with Gasteiger partial charge < -0.3 is 5.73 Å². The van der Waals surface area contributed by atoms with Gasteiger partial charge in [-0.3, -0.25) is 4.90 Å². The number of rotatable bonds is 4. The highest BCUT2D eigenvalue weighted by molar-refractivity contribution is 7.16. The Morgan fingerprint density at radius 3 is 2.65 bits per heavy atom. The fourth-order valence-electron chi connectivity index (χ4n) is 3.46. The van der Waals surface area contributed by atoms with E-state index in [9.17, 15) is 0 Å². The minimum Gasteiger partial charge on any atom is -0.326 e. The van der Waals surface area contributed by atoms with Gasteiger partial charge in [-0.1, -0.05) is 32.4 Å². The van der Waals surface area contributed by atoms with E-state index in [1.165, 1.54) is 11.3 Å². The van der Waals surface area contributed by atoms with Gasteiger partial charge in [0.15, 0.2) is 0 Å². The minimum absolute atomic E-state index is 0.171. The van der Waals surface area contributed by atoms with E-state index in [4.69, 9.17) is 17.3 Å². The van der Waals surface area contributed by atoms with Crippen molar-refractivity contribution in [2.24, 2.45) is 17.6 Å². The molecule has 1 aromatic rings. The summed E-state index contributed by atoms with van der Waals surface area (Å²) in [5, 5.41) is 0. The van der Waals surface area contributed by atoms with Crippen LogP contribution in [0.1, 0.15) is 51.5 Å². The van der Waals surface area contributed by atoms with Crippen LogP contribution in [0.25, 0.3) is 0 Å². The zero-order valence-electron chi connectivity index (χ0n) is 13.0. The molecule has 0 saturated carbocycles. The summed E-state index contributed by atoms with van der Waals surface area (Å²) in [4.78, 5) is 3.94. The first-order valence-electron chi connectivity index (χ1n) is 7.70. The topological polar surface area (TPSA) is 29.3 Å². The molecule has 2 heterocycles. The van der Waals surface area contributed by atoms with Crippen LogP contribution in [0.2, 0.25) is 4.34 Å². The van der Waals surface area contributed by atoms with Gasteiger partial charge in [0, 0.05) is 23.5 Å². The number of nitrogens with zero attached hydrogens (tertiary/aromatic N) is 1. The van der Waals surface area contributed by atoms with Crippen molar-refractivity contribution in [1.82, 2.24) is 4.90 Å². The monoisotopic (exact) mass is 314 g/mol. The molecule has 5 unspecified atom stereocenters. The smallest absolute Gasteiger partial charge is 0.0931 e. The fourth-order valence-corrected chi connectivity index (χ4v) is 4.72. The third-order valence-electron chi connectivity index (χ3n) is 4.76. The molecule has 1 aliphatic heterocycles. The van der Waals surface area contributed by atoms with E-state index in [2.05, 4.69) is 38.7 Å². The highest BCUT2D eigenvalue weighted by atomic mass is 35.5. The molecule has 0 bridgehead atoms. The maximum absolute atomic E-state index is 6.46. The fraction of sp³-hybridized carbons (Fsp3) is 0.750. The number of likely N-dealkylation sites (tertiary alicyclic amines) is 1. The van der Waals surface area contributed by atoms with E-state index >= 15 is 0 Å². The number of nitrogens with two attached hydrogens (primary N) is 1. The summed E-state index contributed by atoms with van der Waals surface area (Å²) in [6.45, 7) is 10.4. The Morgan fingerprint density at radius 2 is 2.10 bits per heavy atom. The Morgan fingerprint density at radius 1 is 1.40 bits per heavy atom. The Kier molecular flexibility index (Phi) is 5.52. The van der Waals surface area contributed by atoms with Crippen LogP contribution in [-0.2, 0) is 0 Å². The average molecular weight is 315 g/mol. The van der Waals surface area contributed by atoms with Gasteiger partial charge in [-0.25, -0.2) is 0 Å². The Bertz CT molecular complexity index is 434. The van der Waals surface area contributed by atoms with Crippen LogP contribution < -0.4 is 5.73 Å². The Balaban J connectivity index is 2.30. The molecule has 2 rings (SSSR count). The van der Waals surface area contributed by atoms with E-state index in [-0.39, 0.29) is 6.04 Å². The van der Waals surface area contributed by atoms with Gasteiger partial charge in [0.1, 0.15) is 0 Å². The van der Waals surface area contributed by atoms with Gasteiger partial charge in [0.05, 0.1) is 10.4 Å². The second kappa shape index (κ2) is 6.78. The second-order valence-electron chi connectivity index (χ2n) is 6.41. The summed E-state index contributed by atoms with van der Waals surface area (Å²) in [6.07, 6.45) is 2.31. The maximum atomic E-state index is 6.46. The first kappa shape index (κ1) is 16.3. The number of piperidine rings is 1. The van der Waals surface area contributed by atoms with Crippen LogP contribution in [0, 0.1) is 11.8 Å². The summed E-state index contributed by atoms with van der Waals surface area (Å²) in [5.41, 5.74) is 6.46. The van der Waals surface area contributed by atoms with E-state index in [1.807, 2.05) is 6.07 Å². The first-order chi connectivity index (χ1) is 9.43. The van der Waals surface area contributed by atoms with E-state index in [0.29, 0.717) is 12.1 Å². The highest BCUT2D eigenvalue weighted by Gasteiger charge is 2.36. The molecular weight excluding hydrogens is 288 g/mol. The highest BCUT2D eigenvalue weighted by Crippen LogP contribution is 2.39. The van der Waals surface area contributed by atoms with Gasteiger partial charge in [-0.05, 0) is 43.7 Å². The zero-order valence-corrected chi connectivity index (χ0v) is 14.5. The third kappa shape index (κ3) is 3.38. The Hall–Kier alpha value is -0.0900. The van der Waals surface area contributed by atoms with Crippen molar-refractivity contribution in [3.05, 3.63) is 21.3 Å².